The first-order valence-electron chi connectivity index (χ1n) is 14.7. The van der Waals surface area contributed by atoms with Crippen LogP contribution in [0.1, 0.15) is 25.5 Å². The van der Waals surface area contributed by atoms with E-state index in [0.29, 0.717) is 25.8 Å². The highest BCUT2D eigenvalue weighted by molar-refractivity contribution is 7.99. The number of halogens is 5. The molecule has 5 heterocycles. The van der Waals surface area contributed by atoms with Crippen LogP contribution in [0.4, 0.5) is 27.8 Å². The van der Waals surface area contributed by atoms with Crippen molar-refractivity contribution in [3.05, 3.63) is 64.6 Å². The minimum absolute atomic E-state index is 0.0752. The Kier molecular flexibility index (Phi) is 7.24. The summed E-state index contributed by atoms with van der Waals surface area (Å²) in [5, 5.41) is 0.108. The highest BCUT2D eigenvalue weighted by Crippen LogP contribution is 2.50. The number of aromatic nitrogens is 2. The molecule has 45 heavy (non-hydrogen) atoms. The zero-order valence-corrected chi connectivity index (χ0v) is 25.3. The number of amides is 1. The number of anilines is 1. The van der Waals surface area contributed by atoms with Crippen molar-refractivity contribution in [2.45, 2.75) is 55.2 Å². The van der Waals surface area contributed by atoms with Crippen molar-refractivity contribution in [3.63, 3.8) is 0 Å². The molecule has 8 nitrogen and oxygen atoms in total. The van der Waals surface area contributed by atoms with Crippen molar-refractivity contribution in [1.82, 2.24) is 19.4 Å². The number of nitrogens with zero attached hydrogens (tertiary/aromatic N) is 5. The second kappa shape index (κ2) is 10.8. The lowest BCUT2D eigenvalue weighted by Gasteiger charge is -2.55. The summed E-state index contributed by atoms with van der Waals surface area (Å²) in [6, 6.07) is 2.54. The summed E-state index contributed by atoms with van der Waals surface area (Å²) in [5.41, 5.74) is -2.32. The SMILES string of the molecule is C=CC(=O)N1[C@H](C)CN(c2nc(=O)n3c4c(c(-c5ccc(F)cc5F)c(C(F)(F)F)cc24)SC[C@@H]3CN2C[C@H]3OCC32)C[C@@H]1C. The maximum atomic E-state index is 15.2. The smallest absolute Gasteiger partial charge is 0.373 e. The first kappa shape index (κ1) is 30.2. The summed E-state index contributed by atoms with van der Waals surface area (Å²) in [6.07, 6.45) is -3.54. The topological polar surface area (TPSA) is 70.9 Å². The lowest BCUT2D eigenvalue weighted by atomic mass is 9.93. The van der Waals surface area contributed by atoms with E-state index in [-0.39, 0.29) is 70.6 Å². The van der Waals surface area contributed by atoms with E-state index in [4.69, 9.17) is 4.74 Å². The van der Waals surface area contributed by atoms with Gasteiger partial charge in [-0.25, -0.2) is 13.6 Å². The average Bonchev–Trinajstić information content (AvgIpc) is 2.96. The summed E-state index contributed by atoms with van der Waals surface area (Å²) < 4.78 is 80.7. The molecular weight excluding hydrogens is 617 g/mol. The van der Waals surface area contributed by atoms with Gasteiger partial charge in [0.1, 0.15) is 17.5 Å². The van der Waals surface area contributed by atoms with Crippen molar-refractivity contribution < 1.29 is 31.5 Å². The third kappa shape index (κ3) is 4.83. The largest absolute Gasteiger partial charge is 0.417 e. The molecule has 0 bridgehead atoms. The zero-order valence-electron chi connectivity index (χ0n) is 24.5. The lowest BCUT2D eigenvalue weighted by molar-refractivity contribution is -0.216. The number of likely N-dealkylation sites (tertiary alicyclic amines) is 1. The van der Waals surface area contributed by atoms with Crippen molar-refractivity contribution >= 4 is 34.4 Å². The minimum Gasteiger partial charge on any atom is -0.373 e. The number of carbonyl (C=O) groups excluding carboxylic acids is 1. The number of alkyl halides is 3. The van der Waals surface area contributed by atoms with E-state index in [1.54, 1.807) is 9.80 Å². The lowest BCUT2D eigenvalue weighted by Crippen LogP contribution is -2.71. The first-order chi connectivity index (χ1) is 21.4. The number of morpholine rings is 1. The molecule has 1 amide bonds. The van der Waals surface area contributed by atoms with Crippen molar-refractivity contribution in [3.8, 4) is 11.1 Å². The molecule has 3 aromatic rings. The van der Waals surface area contributed by atoms with E-state index in [1.165, 1.54) is 10.6 Å². The number of piperazine rings is 1. The van der Waals surface area contributed by atoms with E-state index in [2.05, 4.69) is 16.5 Å². The summed E-state index contributed by atoms with van der Waals surface area (Å²) in [6.45, 7) is 9.39. The van der Waals surface area contributed by atoms with Crippen molar-refractivity contribution in [2.75, 3.05) is 43.4 Å². The van der Waals surface area contributed by atoms with Crippen LogP contribution in [-0.2, 0) is 15.7 Å². The van der Waals surface area contributed by atoms with Gasteiger partial charge in [0, 0.05) is 71.5 Å². The molecule has 238 valence electrons. The maximum Gasteiger partial charge on any atom is 0.417 e. The standard InChI is InChI=1S/C31H30F5N5O3S/c1-4-25(42)40-15(2)9-39(10-16(40)3)29-20-8-21(31(34,35)36)26(19-6-5-17(32)7-22(19)33)28-27(20)41(30(43)37-29)18(14-45-28)11-38-12-24-23(38)13-44-24/h4-8,15-16,18,23-24H,1,9-14H2,2-3H3/t15-,16+,18-,23?,24+/m0/s1. The Labute approximate surface area is 259 Å². The van der Waals surface area contributed by atoms with Gasteiger partial charge in [0.25, 0.3) is 0 Å². The quantitative estimate of drug-likeness (QED) is 0.294. The fraction of sp³-hybridized carbons (Fsp3) is 0.452. The predicted octanol–water partition coefficient (Wildman–Crippen LogP) is 4.70. The number of hydrogen-bond donors (Lipinski definition) is 0. The van der Waals surface area contributed by atoms with Gasteiger partial charge in [-0.1, -0.05) is 6.58 Å². The molecule has 1 unspecified atom stereocenters. The number of thioether (sulfide) groups is 1. The van der Waals surface area contributed by atoms with E-state index in [1.807, 2.05) is 13.8 Å². The monoisotopic (exact) mass is 647 g/mol. The second-order valence-corrected chi connectivity index (χ2v) is 13.2. The molecule has 4 aliphatic heterocycles. The Balaban J connectivity index is 1.45. The summed E-state index contributed by atoms with van der Waals surface area (Å²) >= 11 is 1.13. The molecular formula is C31H30F5N5O3S. The normalized spacial score (nSPS) is 26.3. The second-order valence-electron chi connectivity index (χ2n) is 12.1. The average molecular weight is 648 g/mol. The molecule has 1 aromatic heterocycles. The third-order valence-corrected chi connectivity index (χ3v) is 10.6. The highest BCUT2D eigenvalue weighted by Gasteiger charge is 2.48. The number of benzene rings is 2. The molecule has 7 rings (SSSR count). The Morgan fingerprint density at radius 1 is 1.16 bits per heavy atom. The van der Waals surface area contributed by atoms with Crippen LogP contribution < -0.4 is 10.6 Å². The van der Waals surface area contributed by atoms with Crippen LogP contribution in [-0.4, -0.2) is 88.0 Å². The number of hydrogen-bond acceptors (Lipinski definition) is 7. The van der Waals surface area contributed by atoms with E-state index in [9.17, 15) is 27.2 Å². The van der Waals surface area contributed by atoms with E-state index < -0.39 is 46.2 Å². The van der Waals surface area contributed by atoms with Crippen LogP contribution in [0.15, 0.2) is 46.6 Å². The van der Waals surface area contributed by atoms with Crippen molar-refractivity contribution in [1.29, 1.82) is 0 Å². The molecule has 14 heteroatoms. The van der Waals surface area contributed by atoms with Gasteiger partial charge >= 0.3 is 11.9 Å². The molecule has 3 fully saturated rings. The van der Waals surface area contributed by atoms with Crippen LogP contribution in [0.2, 0.25) is 0 Å². The van der Waals surface area contributed by atoms with Gasteiger partial charge in [-0.05, 0) is 38.1 Å². The molecule has 0 N–H and O–H groups in total. The summed E-state index contributed by atoms with van der Waals surface area (Å²) in [7, 11) is 0. The Bertz CT molecular complexity index is 1790. The van der Waals surface area contributed by atoms with Crippen LogP contribution >= 0.6 is 11.8 Å². The zero-order chi connectivity index (χ0) is 31.9. The molecule has 0 aliphatic carbocycles. The number of fused-ring (bicyclic) bond motifs is 1. The fourth-order valence-electron chi connectivity index (χ4n) is 7.23. The molecule has 5 atom stereocenters. The van der Waals surface area contributed by atoms with Gasteiger partial charge in [0.2, 0.25) is 5.91 Å². The molecule has 0 spiro atoms. The minimum atomic E-state index is -4.91. The van der Waals surface area contributed by atoms with Crippen LogP contribution in [0, 0.1) is 11.6 Å². The fourth-order valence-corrected chi connectivity index (χ4v) is 8.55. The summed E-state index contributed by atoms with van der Waals surface area (Å²) in [5.74, 6) is -1.99. The van der Waals surface area contributed by atoms with Gasteiger partial charge in [0.15, 0.2) is 0 Å². The Hall–Kier alpha value is -3.49. The first-order valence-corrected chi connectivity index (χ1v) is 15.7. The van der Waals surface area contributed by atoms with E-state index >= 15 is 4.39 Å². The van der Waals surface area contributed by atoms with Crippen LogP contribution in [0.25, 0.3) is 22.0 Å². The summed E-state index contributed by atoms with van der Waals surface area (Å²) in [4.78, 5) is 36.6. The molecule has 4 aliphatic rings. The molecule has 3 saturated heterocycles. The molecule has 2 aromatic carbocycles. The van der Waals surface area contributed by atoms with Crippen LogP contribution in [0.5, 0.6) is 0 Å². The van der Waals surface area contributed by atoms with Gasteiger partial charge in [-0.15, -0.1) is 11.8 Å². The third-order valence-electron chi connectivity index (χ3n) is 9.32. The van der Waals surface area contributed by atoms with E-state index in [0.717, 1.165) is 30.0 Å². The highest BCUT2D eigenvalue weighted by atomic mass is 32.2. The van der Waals surface area contributed by atoms with Crippen molar-refractivity contribution in [2.24, 2.45) is 0 Å². The van der Waals surface area contributed by atoms with Gasteiger partial charge in [-0.2, -0.15) is 18.2 Å². The number of carbonyl (C=O) groups is 1. The Morgan fingerprint density at radius 2 is 1.89 bits per heavy atom. The van der Waals surface area contributed by atoms with Gasteiger partial charge in [0.05, 0.1) is 35.9 Å². The molecule has 0 saturated carbocycles. The molecule has 0 radical (unpaired) electrons. The maximum absolute atomic E-state index is 15.2. The number of rotatable bonds is 5. The van der Waals surface area contributed by atoms with Crippen LogP contribution in [0.3, 0.4) is 0 Å². The van der Waals surface area contributed by atoms with Gasteiger partial charge < -0.3 is 14.5 Å². The number of ether oxygens (including phenoxy) is 1. The predicted molar refractivity (Wildman–Crippen MR) is 159 cm³/mol. The van der Waals surface area contributed by atoms with Gasteiger partial charge in [-0.3, -0.25) is 14.3 Å². The Morgan fingerprint density at radius 3 is 2.47 bits per heavy atom.